The van der Waals surface area contributed by atoms with E-state index in [9.17, 15) is 27.6 Å². The molecule has 0 aliphatic rings. The molecule has 0 fully saturated rings. The van der Waals surface area contributed by atoms with Crippen molar-refractivity contribution in [3.05, 3.63) is 375 Å². The Hall–Kier alpha value is -12.3. The molecule has 12 rings (SSSR count). The molecule has 564 valence electrons. The molecule has 0 radical (unpaired) electrons. The van der Waals surface area contributed by atoms with Crippen molar-refractivity contribution in [3.8, 4) is 34.5 Å². The Labute approximate surface area is 646 Å². The van der Waals surface area contributed by atoms with E-state index in [0.29, 0.717) is 112 Å². The van der Waals surface area contributed by atoms with Gasteiger partial charge >= 0.3 is 0 Å². The highest BCUT2D eigenvalue weighted by Gasteiger charge is 2.24. The Morgan fingerprint density at radius 3 is 1.06 bits per heavy atom. The average molecular weight is 1500 g/mol. The first-order chi connectivity index (χ1) is 53.8. The first-order valence-electron chi connectivity index (χ1n) is 36.3. The van der Waals surface area contributed by atoms with Crippen molar-refractivity contribution in [3.63, 3.8) is 0 Å². The SMILES string of the molecule is COc1cc(CN(CCc2ccccn2)C(=O)CCCCc2ccccc2)ccc1OCc1ccccc1.COc1cc(CN(CCc2ccccn2)C(=O)c2ccc(Cl)cc2F)ccc1OCc1ccccc1.COc1cc(CN(CCc2ccccn2)C(=O)c2ccc(F)cc2F)ccc1OCc1ccccc1. The second kappa shape index (κ2) is 42.9. The standard InChI is InChI=1S/C33H36N2O3.C29H26ClFN2O3.C29H26F2N2O3/c1-37-32-24-29(19-20-31(32)38-26-28-15-6-3-7-16-28)25-35(23-21-30-17-10-11-22-34-30)33(36)18-9-8-14-27-12-4-2-5-13-27;2*1-35-28-17-22(10-13-27(28)36-20-21-7-3-2-4-8-21)19-33(16-14-24-9-5-6-15-32-24)29(34)25-12-11-23(30)18-26(25)31/h2-7,10-13,15-17,19-20,22,24H,8-9,14,18,21,23,25-26H2,1H3;2*2-13,15,17-18H,14,16,19-20H2,1H3. The number of amides is 3. The zero-order valence-electron chi connectivity index (χ0n) is 61.8. The number of unbranched alkanes of at least 4 members (excludes halogenated alkanes) is 1. The number of carbonyl (C=O) groups is 3. The van der Waals surface area contributed by atoms with Crippen LogP contribution in [-0.2, 0) is 69.9 Å². The molecule has 0 spiro atoms. The first kappa shape index (κ1) is 80.3. The molecule has 110 heavy (non-hydrogen) atoms. The van der Waals surface area contributed by atoms with Crippen molar-refractivity contribution in [2.24, 2.45) is 0 Å². The summed E-state index contributed by atoms with van der Waals surface area (Å²) in [5.41, 5.74) is 9.48. The van der Waals surface area contributed by atoms with E-state index in [0.717, 1.165) is 81.9 Å². The number of halogens is 4. The van der Waals surface area contributed by atoms with Crippen LogP contribution in [0, 0.1) is 17.5 Å². The minimum absolute atomic E-state index is 0.0322. The monoisotopic (exact) mass is 1500 g/mol. The zero-order valence-corrected chi connectivity index (χ0v) is 62.6. The molecule has 9 aromatic carbocycles. The number of aromatic nitrogens is 3. The van der Waals surface area contributed by atoms with E-state index < -0.39 is 29.3 Å². The van der Waals surface area contributed by atoms with Gasteiger partial charge in [0.25, 0.3) is 11.8 Å². The Kier molecular flexibility index (Phi) is 31.3. The van der Waals surface area contributed by atoms with E-state index in [1.54, 1.807) is 57.0 Å². The predicted molar refractivity (Wildman–Crippen MR) is 422 cm³/mol. The molecule has 0 saturated heterocycles. The number of ether oxygens (including phenoxy) is 6. The number of pyridine rings is 3. The molecule has 3 amide bonds. The molecule has 0 atom stereocenters. The second-order valence-electron chi connectivity index (χ2n) is 25.7. The fourth-order valence-electron chi connectivity index (χ4n) is 11.9. The molecule has 0 N–H and O–H groups in total. The van der Waals surface area contributed by atoms with Crippen LogP contribution in [0.15, 0.2) is 286 Å². The minimum Gasteiger partial charge on any atom is -0.493 e. The summed E-state index contributed by atoms with van der Waals surface area (Å²) >= 11 is 5.89. The van der Waals surface area contributed by atoms with Crippen molar-refractivity contribution in [1.82, 2.24) is 29.7 Å². The predicted octanol–water partition coefficient (Wildman–Crippen LogP) is 18.8. The van der Waals surface area contributed by atoms with E-state index in [1.807, 2.05) is 199 Å². The lowest BCUT2D eigenvalue weighted by Crippen LogP contribution is -2.33. The lowest BCUT2D eigenvalue weighted by atomic mass is 10.1. The molecular weight excluding hydrogens is 1410 g/mol. The van der Waals surface area contributed by atoms with Crippen LogP contribution >= 0.6 is 11.6 Å². The van der Waals surface area contributed by atoms with Crippen molar-refractivity contribution in [1.29, 1.82) is 0 Å². The van der Waals surface area contributed by atoms with Crippen LogP contribution in [0.4, 0.5) is 13.2 Å². The maximum Gasteiger partial charge on any atom is 0.257 e. The summed E-state index contributed by atoms with van der Waals surface area (Å²) in [6.07, 6.45) is 10.3. The summed E-state index contributed by atoms with van der Waals surface area (Å²) in [4.78, 5) is 58.1. The zero-order chi connectivity index (χ0) is 77.1. The Bertz CT molecular complexity index is 4610. The molecule has 12 aromatic rings. The number of methoxy groups -OCH3 is 3. The fourth-order valence-corrected chi connectivity index (χ4v) is 12.1. The Morgan fingerprint density at radius 2 is 0.700 bits per heavy atom. The van der Waals surface area contributed by atoms with Gasteiger partial charge in [-0.05, 0) is 161 Å². The van der Waals surface area contributed by atoms with Crippen LogP contribution in [0.25, 0.3) is 0 Å². The molecule has 19 heteroatoms. The molecule has 0 bridgehead atoms. The van der Waals surface area contributed by atoms with Gasteiger partial charge in [-0.3, -0.25) is 29.3 Å². The molecule has 0 aliphatic heterocycles. The topological polar surface area (TPSA) is 155 Å². The Morgan fingerprint density at radius 1 is 0.345 bits per heavy atom. The van der Waals surface area contributed by atoms with Gasteiger partial charge in [-0.2, -0.15) is 0 Å². The van der Waals surface area contributed by atoms with E-state index in [1.165, 1.54) is 28.7 Å². The number of hydrogen-bond acceptors (Lipinski definition) is 12. The molecule has 3 heterocycles. The number of hydrogen-bond donors (Lipinski definition) is 0. The normalized spacial score (nSPS) is 10.6. The molecular formula is C91H88ClF3N6O9. The lowest BCUT2D eigenvalue weighted by molar-refractivity contribution is -0.132. The molecule has 0 unspecified atom stereocenters. The largest absolute Gasteiger partial charge is 0.493 e. The summed E-state index contributed by atoms with van der Waals surface area (Å²) in [6, 6.07) is 81.1. The van der Waals surface area contributed by atoms with Crippen LogP contribution in [0.1, 0.15) is 96.0 Å². The lowest BCUT2D eigenvalue weighted by Gasteiger charge is -2.24. The number of carbonyl (C=O) groups excluding carboxylic acids is 3. The smallest absolute Gasteiger partial charge is 0.257 e. The van der Waals surface area contributed by atoms with Gasteiger partial charge in [0.2, 0.25) is 5.91 Å². The molecule has 0 saturated carbocycles. The number of nitrogens with zero attached hydrogens (tertiary/aromatic N) is 6. The van der Waals surface area contributed by atoms with Crippen LogP contribution < -0.4 is 28.4 Å². The summed E-state index contributed by atoms with van der Waals surface area (Å²) in [7, 11) is 4.76. The van der Waals surface area contributed by atoms with E-state index in [4.69, 9.17) is 40.0 Å². The van der Waals surface area contributed by atoms with Gasteiger partial charge in [-0.25, -0.2) is 13.2 Å². The third kappa shape index (κ3) is 25.4. The van der Waals surface area contributed by atoms with Crippen molar-refractivity contribution >= 4 is 29.3 Å². The summed E-state index contributed by atoms with van der Waals surface area (Å²) in [5.74, 6) is 0.508. The van der Waals surface area contributed by atoms with Crippen LogP contribution in [0.3, 0.4) is 0 Å². The third-order valence-electron chi connectivity index (χ3n) is 17.8. The molecule has 3 aromatic heterocycles. The summed E-state index contributed by atoms with van der Waals surface area (Å²) in [5, 5.41) is 0.236. The van der Waals surface area contributed by atoms with Gasteiger partial charge in [-0.15, -0.1) is 0 Å². The highest BCUT2D eigenvalue weighted by molar-refractivity contribution is 6.30. The quantitative estimate of drug-likeness (QED) is 0.0353. The van der Waals surface area contributed by atoms with E-state index in [2.05, 4.69) is 39.2 Å². The second-order valence-corrected chi connectivity index (χ2v) is 26.1. The van der Waals surface area contributed by atoms with Gasteiger partial charge < -0.3 is 43.1 Å². The maximum absolute atomic E-state index is 14.6. The van der Waals surface area contributed by atoms with Crippen molar-refractivity contribution in [2.45, 2.75) is 84.4 Å². The fraction of sp³-hybridized carbons (Fsp3) is 0.209. The first-order valence-corrected chi connectivity index (χ1v) is 36.7. The number of benzene rings is 9. The molecule has 15 nitrogen and oxygen atoms in total. The van der Waals surface area contributed by atoms with Crippen molar-refractivity contribution in [2.75, 3.05) is 41.0 Å². The third-order valence-corrected chi connectivity index (χ3v) is 18.0. The molecule has 0 aliphatic carbocycles. The van der Waals surface area contributed by atoms with E-state index >= 15 is 0 Å². The van der Waals surface area contributed by atoms with Gasteiger partial charge in [0.05, 0.1) is 32.5 Å². The van der Waals surface area contributed by atoms with Crippen LogP contribution in [-0.4, -0.2) is 88.3 Å². The van der Waals surface area contributed by atoms with Gasteiger partial charge in [0, 0.05) is 112 Å². The van der Waals surface area contributed by atoms with Gasteiger partial charge in [-0.1, -0.05) is 169 Å². The summed E-state index contributed by atoms with van der Waals surface area (Å²) in [6.45, 7) is 3.47. The number of rotatable bonds is 34. The van der Waals surface area contributed by atoms with Crippen LogP contribution in [0.2, 0.25) is 5.02 Å². The van der Waals surface area contributed by atoms with Gasteiger partial charge in [0.1, 0.15) is 37.3 Å². The highest BCUT2D eigenvalue weighted by atomic mass is 35.5. The average Bonchev–Trinajstić information content (AvgIpc) is 0.832. The Balaban J connectivity index is 0.000000176. The maximum atomic E-state index is 14.6. The summed E-state index contributed by atoms with van der Waals surface area (Å²) < 4.78 is 77.0. The number of aryl methyl sites for hydroxylation is 1. The van der Waals surface area contributed by atoms with Crippen molar-refractivity contribution < 1.29 is 56.0 Å². The van der Waals surface area contributed by atoms with E-state index in [-0.39, 0.29) is 35.1 Å². The minimum atomic E-state index is -0.898. The van der Waals surface area contributed by atoms with Gasteiger partial charge in [0.15, 0.2) is 34.5 Å². The highest BCUT2D eigenvalue weighted by Crippen LogP contribution is 2.33. The van der Waals surface area contributed by atoms with Crippen LogP contribution in [0.5, 0.6) is 34.5 Å².